The summed E-state index contributed by atoms with van der Waals surface area (Å²) >= 11 is 0. The van der Waals surface area contributed by atoms with Crippen LogP contribution < -0.4 is 0 Å². The minimum atomic E-state index is -1.08. The van der Waals surface area contributed by atoms with Crippen LogP contribution in [-0.2, 0) is 59.1 Å². The van der Waals surface area contributed by atoms with Gasteiger partial charge in [-0.15, -0.1) is 11.4 Å². The van der Waals surface area contributed by atoms with Gasteiger partial charge in [-0.3, -0.25) is 14.4 Å². The Labute approximate surface area is 223 Å². The smallest absolute Gasteiger partial charge is 0.285 e. The van der Waals surface area contributed by atoms with Gasteiger partial charge in [0.15, 0.2) is 0 Å². The summed E-state index contributed by atoms with van der Waals surface area (Å²) in [6, 6.07) is 8.76. The molecule has 3 rings (SSSR count). The molecule has 2 N–H and O–H groups in total. The number of fused-ring (bicyclic) bond motifs is 1. The van der Waals surface area contributed by atoms with E-state index in [1.54, 1.807) is 41.3 Å². The van der Waals surface area contributed by atoms with Crippen LogP contribution in [0.3, 0.4) is 0 Å². The fraction of sp³-hybridized carbons (Fsp3) is 0.318. The Morgan fingerprint density at radius 1 is 0.939 bits per heavy atom. The van der Waals surface area contributed by atoms with Gasteiger partial charge < -0.3 is 30.6 Å². The van der Waals surface area contributed by atoms with E-state index >= 15 is 0 Å². The number of amides is 1. The summed E-state index contributed by atoms with van der Waals surface area (Å²) in [7, 11) is 2.01. The number of hydrogen-bond acceptors (Lipinski definition) is 4. The van der Waals surface area contributed by atoms with Crippen LogP contribution in [0.5, 0.6) is 0 Å². The number of rotatable bonds is 8. The molecule has 0 bridgehead atoms. The summed E-state index contributed by atoms with van der Waals surface area (Å²) in [5.74, 6) is -2.28. The summed E-state index contributed by atoms with van der Waals surface area (Å²) in [6.07, 6.45) is 3.03. The molecule has 0 unspecified atom stereocenters. The summed E-state index contributed by atoms with van der Waals surface area (Å²) in [5.41, 5.74) is 1.38. The van der Waals surface area contributed by atoms with Gasteiger partial charge in [-0.1, -0.05) is 36.4 Å². The monoisotopic (exact) mass is 786 g/mol. The van der Waals surface area contributed by atoms with Crippen molar-refractivity contribution in [1.29, 1.82) is 0 Å². The van der Waals surface area contributed by atoms with Gasteiger partial charge in [-0.05, 0) is 36.5 Å². The number of carboxylic acid groups (broad SMARTS) is 2. The summed E-state index contributed by atoms with van der Waals surface area (Å²) < 4.78 is 0. The third-order valence-electron chi connectivity index (χ3n) is 5.00. The molecule has 1 amide bonds. The number of carbonyl (C=O) groups is 3. The van der Waals surface area contributed by atoms with E-state index in [-0.39, 0.29) is 50.7 Å². The maximum absolute atomic E-state index is 12.6. The van der Waals surface area contributed by atoms with Gasteiger partial charge in [0.1, 0.15) is 0 Å². The van der Waals surface area contributed by atoms with Crippen LogP contribution in [0.25, 0.3) is 27.5 Å². The number of piperazine rings is 1. The quantitative estimate of drug-likeness (QED) is 0.397. The van der Waals surface area contributed by atoms with Gasteiger partial charge in [-0.25, -0.2) is 0 Å². The van der Waals surface area contributed by atoms with Crippen LogP contribution in [-0.4, -0.2) is 84.2 Å². The Kier molecular flexibility index (Phi) is 11.9. The predicted octanol–water partition coefficient (Wildman–Crippen LogP) is 2.80. The summed E-state index contributed by atoms with van der Waals surface area (Å²) in [4.78, 5) is 38.6. The maximum atomic E-state index is 12.6. The molecular formula is C22H24N4O5Ta2-2. The van der Waals surface area contributed by atoms with E-state index in [0.717, 1.165) is 13.1 Å². The molecule has 0 saturated carbocycles. The molecule has 0 atom stereocenters. The third kappa shape index (κ3) is 8.01. The molecule has 1 fully saturated rings. The van der Waals surface area contributed by atoms with Gasteiger partial charge in [-0.2, -0.15) is 0 Å². The van der Waals surface area contributed by atoms with Crippen LogP contribution >= 0.6 is 0 Å². The van der Waals surface area contributed by atoms with E-state index < -0.39 is 25.0 Å². The van der Waals surface area contributed by atoms with Gasteiger partial charge in [0, 0.05) is 77.0 Å². The Morgan fingerprint density at radius 2 is 1.52 bits per heavy atom. The minimum absolute atomic E-state index is 0. The van der Waals surface area contributed by atoms with Crippen molar-refractivity contribution < 1.29 is 69.4 Å². The number of likely N-dealkylation sites (N-methyl/N-ethyl adjacent to an activating group) is 1. The minimum Gasteiger partial charge on any atom is -0.675 e. The average Bonchev–Trinajstić information content (AvgIpc) is 2.75. The largest absolute Gasteiger partial charge is 0.675 e. The van der Waals surface area contributed by atoms with E-state index in [1.807, 2.05) is 7.05 Å². The molecule has 1 aliphatic rings. The van der Waals surface area contributed by atoms with Gasteiger partial charge in [0.2, 0.25) is 5.91 Å². The first kappa shape index (κ1) is 28.9. The van der Waals surface area contributed by atoms with Crippen molar-refractivity contribution in [3.63, 3.8) is 0 Å². The number of nitrogens with zero attached hydrogens (tertiary/aromatic N) is 4. The molecule has 1 aliphatic heterocycles. The molecular weight excluding hydrogens is 762 g/mol. The SMILES string of the molecule is CN1CCN(C(=O)/C=C/c2cc([N-]CC(=O)O)c3ccccc3c2[N-]CC(=O)O)CC1.[Ta].[Ta]. The van der Waals surface area contributed by atoms with Crippen LogP contribution in [0.15, 0.2) is 36.4 Å². The fourth-order valence-electron chi connectivity index (χ4n) is 3.39. The molecule has 174 valence electrons. The molecule has 2 aromatic rings. The van der Waals surface area contributed by atoms with E-state index in [4.69, 9.17) is 10.2 Å². The molecule has 2 radical (unpaired) electrons. The normalized spacial score (nSPS) is 13.8. The zero-order chi connectivity index (χ0) is 22.4. The Balaban J connectivity index is 0.00000272. The van der Waals surface area contributed by atoms with Crippen molar-refractivity contribution in [2.75, 3.05) is 46.3 Å². The average molecular weight is 786 g/mol. The number of carboxylic acids is 2. The van der Waals surface area contributed by atoms with E-state index in [1.165, 1.54) is 6.08 Å². The zero-order valence-electron chi connectivity index (χ0n) is 18.1. The molecule has 11 heteroatoms. The molecule has 33 heavy (non-hydrogen) atoms. The summed E-state index contributed by atoms with van der Waals surface area (Å²) in [6.45, 7) is 2.03. The van der Waals surface area contributed by atoms with E-state index in [2.05, 4.69) is 15.5 Å². The third-order valence-corrected chi connectivity index (χ3v) is 5.00. The number of carbonyl (C=O) groups excluding carboxylic acids is 1. The van der Waals surface area contributed by atoms with Gasteiger partial charge in [0.05, 0.1) is 0 Å². The van der Waals surface area contributed by atoms with Crippen LogP contribution in [0.4, 0.5) is 11.4 Å². The molecule has 1 saturated heterocycles. The number of aliphatic carboxylic acids is 2. The zero-order valence-corrected chi connectivity index (χ0v) is 24.5. The topological polar surface area (TPSA) is 126 Å². The molecule has 0 aromatic heterocycles. The standard InChI is InChI=1S/C22H25N4O5.2Ta/c1-25-8-10-26(11-9-25)19(27)7-6-15-12-18(23-13-20(28)29)16-4-2-3-5-17(16)22(15)24-14-21(30)31;;/h2-7,12H,8-11,13-14H2,1H3,(H3,24,27,28,29,30,31);;/q-1;;/p-1. The van der Waals surface area contributed by atoms with Crippen LogP contribution in [0.1, 0.15) is 5.56 Å². The molecule has 0 aliphatic carbocycles. The molecule has 0 spiro atoms. The van der Waals surface area contributed by atoms with Crippen molar-refractivity contribution in [2.45, 2.75) is 0 Å². The first-order valence-corrected chi connectivity index (χ1v) is 9.85. The van der Waals surface area contributed by atoms with Crippen molar-refractivity contribution in [3.05, 3.63) is 52.6 Å². The Bertz CT molecular complexity index is 1020. The van der Waals surface area contributed by atoms with Crippen molar-refractivity contribution in [2.24, 2.45) is 0 Å². The second kappa shape index (κ2) is 13.6. The second-order valence-electron chi connectivity index (χ2n) is 7.26. The Morgan fingerprint density at radius 3 is 2.12 bits per heavy atom. The van der Waals surface area contributed by atoms with Gasteiger partial charge in [0.25, 0.3) is 11.9 Å². The van der Waals surface area contributed by atoms with Crippen molar-refractivity contribution in [1.82, 2.24) is 9.80 Å². The van der Waals surface area contributed by atoms with E-state index in [9.17, 15) is 14.4 Å². The van der Waals surface area contributed by atoms with Crippen molar-refractivity contribution >= 4 is 46.1 Å². The van der Waals surface area contributed by atoms with Crippen molar-refractivity contribution in [3.8, 4) is 0 Å². The predicted molar refractivity (Wildman–Crippen MR) is 118 cm³/mol. The second-order valence-corrected chi connectivity index (χ2v) is 7.26. The molecule has 9 nitrogen and oxygen atoms in total. The fourth-order valence-corrected chi connectivity index (χ4v) is 3.39. The summed E-state index contributed by atoms with van der Waals surface area (Å²) in [5, 5.41) is 27.8. The number of benzene rings is 2. The first-order chi connectivity index (χ1) is 14.8. The number of hydrogen-bond donors (Lipinski definition) is 2. The van der Waals surface area contributed by atoms with Crippen LogP contribution in [0, 0.1) is 0 Å². The van der Waals surface area contributed by atoms with E-state index in [0.29, 0.717) is 40.8 Å². The molecule has 2 aromatic carbocycles. The Hall–Kier alpha value is -2.11. The van der Waals surface area contributed by atoms with Crippen LogP contribution in [0.2, 0.25) is 0 Å². The molecule has 1 heterocycles. The maximum Gasteiger partial charge on any atom is 0.285 e. The van der Waals surface area contributed by atoms with Gasteiger partial charge >= 0.3 is 0 Å². The first-order valence-electron chi connectivity index (χ1n) is 9.85.